The molecule has 1 amide bonds. The minimum absolute atomic E-state index is 0.0272. The maximum absolute atomic E-state index is 13.6. The molecule has 0 radical (unpaired) electrons. The Balaban J connectivity index is 1.42. The van der Waals surface area contributed by atoms with Crippen molar-refractivity contribution in [2.75, 3.05) is 4.90 Å². The summed E-state index contributed by atoms with van der Waals surface area (Å²) >= 11 is 0. The van der Waals surface area contributed by atoms with E-state index in [2.05, 4.69) is 0 Å². The molecule has 9 heteroatoms. The molecule has 0 bridgehead atoms. The van der Waals surface area contributed by atoms with Gasteiger partial charge in [-0.1, -0.05) is 54.6 Å². The second-order valence-electron chi connectivity index (χ2n) is 9.61. The molecule has 4 N–H and O–H groups in total. The molecule has 1 saturated heterocycles. The van der Waals surface area contributed by atoms with Crippen molar-refractivity contribution < 1.29 is 33.7 Å². The fraction of sp³-hybridized carbons (Fsp3) is 0.167. The molecule has 1 heterocycles. The van der Waals surface area contributed by atoms with Crippen LogP contribution in [0.2, 0.25) is 0 Å². The normalized spacial score (nSPS) is 18.1. The number of phenols is 1. The van der Waals surface area contributed by atoms with Crippen molar-refractivity contribution in [1.29, 1.82) is 0 Å². The molecule has 0 aliphatic carbocycles. The van der Waals surface area contributed by atoms with Gasteiger partial charge in [-0.2, -0.15) is 0 Å². The lowest BCUT2D eigenvalue weighted by atomic mass is 9.77. The van der Waals surface area contributed by atoms with Crippen molar-refractivity contribution in [2.24, 2.45) is 5.92 Å². The third-order valence-electron chi connectivity index (χ3n) is 7.12. The van der Waals surface area contributed by atoms with Gasteiger partial charge >= 0.3 is 7.60 Å². The van der Waals surface area contributed by atoms with E-state index >= 15 is 0 Å². The van der Waals surface area contributed by atoms with Crippen LogP contribution in [0.4, 0.5) is 10.1 Å². The Kier molecular flexibility index (Phi) is 7.38. The number of amides is 1. The summed E-state index contributed by atoms with van der Waals surface area (Å²) in [7, 11) is -4.36. The number of hydrogen-bond donors (Lipinski definition) is 4. The maximum atomic E-state index is 13.6. The van der Waals surface area contributed by atoms with Crippen molar-refractivity contribution >= 4 is 24.5 Å². The van der Waals surface area contributed by atoms with E-state index in [-0.39, 0.29) is 23.4 Å². The predicted molar refractivity (Wildman–Crippen MR) is 146 cm³/mol. The molecule has 4 aromatic carbocycles. The molecule has 0 unspecified atom stereocenters. The number of halogens is 1. The molecule has 1 aliphatic rings. The van der Waals surface area contributed by atoms with Gasteiger partial charge in [-0.3, -0.25) is 9.36 Å². The average Bonchev–Trinajstić information content (AvgIpc) is 2.92. The molecular weight excluding hydrogens is 520 g/mol. The molecule has 1 fully saturated rings. The summed E-state index contributed by atoms with van der Waals surface area (Å²) in [6.07, 6.45) is -0.369. The van der Waals surface area contributed by atoms with E-state index in [0.29, 0.717) is 34.4 Å². The molecule has 0 spiro atoms. The number of aliphatic hydroxyl groups is 1. The monoisotopic (exact) mass is 547 g/mol. The number of hydrogen-bond acceptors (Lipinski definition) is 4. The Morgan fingerprint density at radius 3 is 2.21 bits per heavy atom. The number of aromatic hydroxyl groups is 1. The number of carbonyl (C=O) groups excluding carboxylic acids is 1. The quantitative estimate of drug-likeness (QED) is 0.178. The first-order chi connectivity index (χ1) is 18.6. The highest BCUT2D eigenvalue weighted by molar-refractivity contribution is 7.60. The van der Waals surface area contributed by atoms with Crippen molar-refractivity contribution in [3.63, 3.8) is 0 Å². The summed E-state index contributed by atoms with van der Waals surface area (Å²) in [6, 6.07) is 25.3. The highest BCUT2D eigenvalue weighted by atomic mass is 31.2. The fourth-order valence-electron chi connectivity index (χ4n) is 5.10. The van der Waals surface area contributed by atoms with Gasteiger partial charge < -0.3 is 24.9 Å². The van der Waals surface area contributed by atoms with Gasteiger partial charge in [0.1, 0.15) is 11.6 Å². The zero-order valence-electron chi connectivity index (χ0n) is 20.8. The molecule has 0 saturated carbocycles. The van der Waals surface area contributed by atoms with Gasteiger partial charge in [-0.15, -0.1) is 0 Å². The largest absolute Gasteiger partial charge is 0.508 e. The van der Waals surface area contributed by atoms with E-state index in [9.17, 15) is 33.7 Å². The Labute approximate surface area is 225 Å². The summed E-state index contributed by atoms with van der Waals surface area (Å²) in [5, 5.41) is 21.6. The van der Waals surface area contributed by atoms with Crippen LogP contribution in [0.1, 0.15) is 36.1 Å². The summed E-state index contributed by atoms with van der Waals surface area (Å²) in [4.78, 5) is 33.6. The molecule has 0 aromatic heterocycles. The number of anilines is 1. The number of carbonyl (C=O) groups is 1. The van der Waals surface area contributed by atoms with Crippen LogP contribution < -0.4 is 10.2 Å². The summed E-state index contributed by atoms with van der Waals surface area (Å²) < 4.78 is 25.1. The Hall–Kier alpha value is -3.81. The zero-order valence-corrected chi connectivity index (χ0v) is 21.7. The molecule has 200 valence electrons. The lowest BCUT2D eigenvalue weighted by molar-refractivity contribution is -0.131. The molecule has 7 nitrogen and oxygen atoms in total. The molecule has 4 aromatic rings. The van der Waals surface area contributed by atoms with Crippen LogP contribution in [0.3, 0.4) is 0 Å². The molecule has 1 aliphatic heterocycles. The predicted octanol–water partition coefficient (Wildman–Crippen LogP) is 5.22. The third-order valence-corrected chi connectivity index (χ3v) is 8.09. The first kappa shape index (κ1) is 26.8. The van der Waals surface area contributed by atoms with Gasteiger partial charge in [0.2, 0.25) is 5.91 Å². The van der Waals surface area contributed by atoms with E-state index in [1.54, 1.807) is 41.3 Å². The first-order valence-electron chi connectivity index (χ1n) is 12.4. The average molecular weight is 548 g/mol. The van der Waals surface area contributed by atoms with E-state index in [0.717, 1.165) is 0 Å². The van der Waals surface area contributed by atoms with E-state index in [1.165, 1.54) is 30.3 Å². The van der Waals surface area contributed by atoms with E-state index in [1.807, 2.05) is 30.3 Å². The van der Waals surface area contributed by atoms with Crippen molar-refractivity contribution in [2.45, 2.75) is 25.0 Å². The smallest absolute Gasteiger partial charge is 0.356 e. The van der Waals surface area contributed by atoms with Crippen LogP contribution in [0.5, 0.6) is 5.75 Å². The molecular formula is C30H27FNO6P. The lowest BCUT2D eigenvalue weighted by Crippen LogP contribution is -2.55. The second-order valence-corrected chi connectivity index (χ2v) is 11.2. The molecule has 3 atom stereocenters. The minimum Gasteiger partial charge on any atom is -0.508 e. The Bertz CT molecular complexity index is 1540. The van der Waals surface area contributed by atoms with Gasteiger partial charge in [-0.05, 0) is 72.0 Å². The van der Waals surface area contributed by atoms with Gasteiger partial charge in [0.05, 0.1) is 23.4 Å². The van der Waals surface area contributed by atoms with Gasteiger partial charge in [0.15, 0.2) is 0 Å². The summed E-state index contributed by atoms with van der Waals surface area (Å²) in [6.45, 7) is 0. The van der Waals surface area contributed by atoms with Crippen LogP contribution >= 0.6 is 7.60 Å². The van der Waals surface area contributed by atoms with Gasteiger partial charge in [-0.25, -0.2) is 4.39 Å². The second kappa shape index (κ2) is 10.8. The number of aliphatic hydroxyl groups excluding tert-OH is 1. The number of para-hydroxylation sites is 1. The number of rotatable bonds is 8. The van der Waals surface area contributed by atoms with Crippen LogP contribution in [-0.4, -0.2) is 25.9 Å². The van der Waals surface area contributed by atoms with Crippen LogP contribution in [0.25, 0.3) is 11.1 Å². The maximum Gasteiger partial charge on any atom is 0.356 e. The summed E-state index contributed by atoms with van der Waals surface area (Å²) in [5.41, 5.74) is 2.97. The highest BCUT2D eigenvalue weighted by Gasteiger charge is 2.49. The SMILES string of the molecule is O=C1[C@H](CC[C@H](O)c2cccc(F)c2)[C@@H](c2ccc(-c3ccc(P(=O)(O)O)cc3)cc2O)N1c1ccccc1. The van der Waals surface area contributed by atoms with Gasteiger partial charge in [0, 0.05) is 11.3 Å². The van der Waals surface area contributed by atoms with Crippen LogP contribution in [-0.2, 0) is 9.36 Å². The zero-order chi connectivity index (χ0) is 27.7. The number of β-lactam (4-membered cyclic amide) rings is 1. The van der Waals surface area contributed by atoms with Crippen molar-refractivity contribution in [1.82, 2.24) is 0 Å². The number of phenolic OH excluding ortho intramolecular Hbond substituents is 1. The molecule has 39 heavy (non-hydrogen) atoms. The van der Waals surface area contributed by atoms with Crippen molar-refractivity contribution in [3.05, 3.63) is 114 Å². The van der Waals surface area contributed by atoms with E-state index in [4.69, 9.17) is 0 Å². The number of benzene rings is 4. The topological polar surface area (TPSA) is 118 Å². The van der Waals surface area contributed by atoms with Crippen LogP contribution in [0, 0.1) is 11.7 Å². The van der Waals surface area contributed by atoms with Gasteiger partial charge in [0.25, 0.3) is 0 Å². The van der Waals surface area contributed by atoms with E-state index < -0.39 is 31.5 Å². The number of nitrogens with zero attached hydrogens (tertiary/aromatic N) is 1. The standard InChI is InChI=1S/C30H27FNO6P/c31-22-6-4-5-21(17-22)27(33)16-15-26-29(32(30(26)35)23-7-2-1-3-8-23)25-14-11-20(18-28(25)34)19-9-12-24(13-10-19)39(36,37)38/h1-14,17-18,26-27,29,33-34H,15-16H2,(H2,36,37,38)/t26-,27+,29-/m1/s1. The Morgan fingerprint density at radius 2 is 1.56 bits per heavy atom. The first-order valence-corrected chi connectivity index (χ1v) is 14.1. The third kappa shape index (κ3) is 5.51. The fourth-order valence-corrected chi connectivity index (χ4v) is 5.64. The molecule has 5 rings (SSSR count). The highest BCUT2D eigenvalue weighted by Crippen LogP contribution is 2.49. The summed E-state index contributed by atoms with van der Waals surface area (Å²) in [5.74, 6) is -1.11. The Morgan fingerprint density at radius 1 is 0.872 bits per heavy atom. The van der Waals surface area contributed by atoms with Crippen LogP contribution in [0.15, 0.2) is 97.1 Å². The van der Waals surface area contributed by atoms with Crippen molar-refractivity contribution in [3.8, 4) is 16.9 Å². The minimum atomic E-state index is -4.36. The lowest BCUT2D eigenvalue weighted by Gasteiger charge is -2.48.